The Labute approximate surface area is 98.3 Å². The standard InChI is InChI=1S/C8H14N4O2S2/c9-7-11-12-8(15-7)16(13,14)10-5-1-2-6-3-4-6/h6,10H,1-5H2,(H2,9,11). The van der Waals surface area contributed by atoms with Gasteiger partial charge in [0.1, 0.15) is 0 Å². The van der Waals surface area contributed by atoms with Gasteiger partial charge in [0.15, 0.2) is 0 Å². The fraction of sp³-hybridized carbons (Fsp3) is 0.750. The summed E-state index contributed by atoms with van der Waals surface area (Å²) in [6, 6.07) is 0. The van der Waals surface area contributed by atoms with Crippen molar-refractivity contribution in [2.45, 2.75) is 30.0 Å². The van der Waals surface area contributed by atoms with Crippen molar-refractivity contribution >= 4 is 26.5 Å². The molecule has 0 aromatic carbocycles. The van der Waals surface area contributed by atoms with Crippen molar-refractivity contribution < 1.29 is 8.42 Å². The zero-order valence-electron chi connectivity index (χ0n) is 8.72. The van der Waals surface area contributed by atoms with Crippen LogP contribution in [-0.4, -0.2) is 25.2 Å². The Hall–Kier alpha value is -0.730. The van der Waals surface area contributed by atoms with Gasteiger partial charge in [0.25, 0.3) is 10.0 Å². The number of hydrogen-bond donors (Lipinski definition) is 2. The van der Waals surface area contributed by atoms with Crippen LogP contribution in [0.3, 0.4) is 0 Å². The lowest BCUT2D eigenvalue weighted by Gasteiger charge is -2.02. The predicted octanol–water partition coefficient (Wildman–Crippen LogP) is 0.589. The molecular weight excluding hydrogens is 248 g/mol. The minimum absolute atomic E-state index is 0.0589. The summed E-state index contributed by atoms with van der Waals surface area (Å²) in [6.45, 7) is 0.457. The Kier molecular flexibility index (Phi) is 3.41. The van der Waals surface area contributed by atoms with Crippen molar-refractivity contribution in [1.29, 1.82) is 0 Å². The maximum absolute atomic E-state index is 11.6. The molecule has 16 heavy (non-hydrogen) atoms. The van der Waals surface area contributed by atoms with Gasteiger partial charge in [-0.15, -0.1) is 10.2 Å². The number of nitrogen functional groups attached to an aromatic ring is 1. The maximum atomic E-state index is 11.6. The first-order chi connectivity index (χ1) is 7.58. The zero-order chi connectivity index (χ0) is 11.6. The van der Waals surface area contributed by atoms with Crippen molar-refractivity contribution in [1.82, 2.24) is 14.9 Å². The largest absolute Gasteiger partial charge is 0.374 e. The van der Waals surface area contributed by atoms with Gasteiger partial charge in [0.2, 0.25) is 9.47 Å². The summed E-state index contributed by atoms with van der Waals surface area (Å²) in [7, 11) is -3.50. The summed E-state index contributed by atoms with van der Waals surface area (Å²) in [5.41, 5.74) is 5.33. The fourth-order valence-corrected chi connectivity index (χ4v) is 3.29. The van der Waals surface area contributed by atoms with E-state index in [4.69, 9.17) is 5.73 Å². The normalized spacial score (nSPS) is 16.5. The third-order valence-electron chi connectivity index (χ3n) is 2.43. The molecule has 90 valence electrons. The Morgan fingerprint density at radius 3 is 2.75 bits per heavy atom. The molecule has 1 fully saturated rings. The first-order valence-corrected chi connectivity index (χ1v) is 7.46. The molecule has 2 rings (SSSR count). The van der Waals surface area contributed by atoms with Crippen LogP contribution < -0.4 is 10.5 Å². The van der Waals surface area contributed by atoms with Crippen LogP contribution >= 0.6 is 11.3 Å². The van der Waals surface area contributed by atoms with Crippen LogP contribution in [0.25, 0.3) is 0 Å². The Balaban J connectivity index is 1.82. The molecule has 8 heteroatoms. The summed E-state index contributed by atoms with van der Waals surface area (Å²) in [5, 5.41) is 7.15. The number of sulfonamides is 1. The number of rotatable bonds is 6. The lowest BCUT2D eigenvalue weighted by atomic mass is 10.2. The second kappa shape index (κ2) is 4.64. The molecule has 0 saturated heterocycles. The van der Waals surface area contributed by atoms with Gasteiger partial charge in [0.05, 0.1) is 0 Å². The minimum Gasteiger partial charge on any atom is -0.374 e. The number of nitrogens with two attached hydrogens (primary N) is 1. The van der Waals surface area contributed by atoms with Crippen LogP contribution in [0.4, 0.5) is 5.13 Å². The van der Waals surface area contributed by atoms with E-state index in [2.05, 4.69) is 14.9 Å². The van der Waals surface area contributed by atoms with E-state index in [1.165, 1.54) is 12.8 Å². The topological polar surface area (TPSA) is 98.0 Å². The molecule has 0 unspecified atom stereocenters. The molecule has 0 radical (unpaired) electrons. The summed E-state index contributed by atoms with van der Waals surface area (Å²) in [6.07, 6.45) is 4.55. The van der Waals surface area contributed by atoms with Crippen molar-refractivity contribution in [3.8, 4) is 0 Å². The van der Waals surface area contributed by atoms with E-state index in [0.29, 0.717) is 6.54 Å². The molecule has 0 amide bonds. The molecule has 3 N–H and O–H groups in total. The fourth-order valence-electron chi connectivity index (χ4n) is 1.39. The molecule has 1 aliphatic rings. The molecule has 1 aromatic heterocycles. The monoisotopic (exact) mass is 262 g/mol. The van der Waals surface area contributed by atoms with Gasteiger partial charge >= 0.3 is 0 Å². The summed E-state index contributed by atoms with van der Waals surface area (Å²) in [4.78, 5) is 0. The minimum atomic E-state index is -3.50. The average Bonchev–Trinajstić information content (AvgIpc) is 2.94. The number of anilines is 1. The van der Waals surface area contributed by atoms with Gasteiger partial charge in [-0.1, -0.05) is 24.2 Å². The smallest absolute Gasteiger partial charge is 0.269 e. The quantitative estimate of drug-likeness (QED) is 0.731. The molecule has 6 nitrogen and oxygen atoms in total. The van der Waals surface area contributed by atoms with E-state index >= 15 is 0 Å². The number of nitrogens with one attached hydrogen (secondary N) is 1. The van der Waals surface area contributed by atoms with Gasteiger partial charge in [-0.2, -0.15) is 0 Å². The van der Waals surface area contributed by atoms with Crippen LogP contribution in [-0.2, 0) is 10.0 Å². The molecular formula is C8H14N4O2S2. The highest BCUT2D eigenvalue weighted by Gasteiger charge is 2.22. The van der Waals surface area contributed by atoms with E-state index in [-0.39, 0.29) is 9.47 Å². The van der Waals surface area contributed by atoms with E-state index in [0.717, 1.165) is 30.1 Å². The number of hydrogen-bond acceptors (Lipinski definition) is 6. The SMILES string of the molecule is Nc1nnc(S(=O)(=O)NCCCC2CC2)s1. The molecule has 0 aliphatic heterocycles. The van der Waals surface area contributed by atoms with Gasteiger partial charge in [0, 0.05) is 6.54 Å². The predicted molar refractivity (Wildman–Crippen MR) is 61.5 cm³/mol. The highest BCUT2D eigenvalue weighted by molar-refractivity contribution is 7.91. The first-order valence-electron chi connectivity index (χ1n) is 5.16. The van der Waals surface area contributed by atoms with Crippen molar-refractivity contribution in [2.75, 3.05) is 12.3 Å². The van der Waals surface area contributed by atoms with Crippen LogP contribution in [0.15, 0.2) is 4.34 Å². The maximum Gasteiger partial charge on any atom is 0.269 e. The summed E-state index contributed by atoms with van der Waals surface area (Å²) >= 11 is 0.876. The second-order valence-electron chi connectivity index (χ2n) is 3.89. The van der Waals surface area contributed by atoms with Crippen LogP contribution in [0.2, 0.25) is 0 Å². The number of aromatic nitrogens is 2. The van der Waals surface area contributed by atoms with Gasteiger partial charge in [-0.05, 0) is 18.8 Å². The van der Waals surface area contributed by atoms with Crippen molar-refractivity contribution in [2.24, 2.45) is 5.92 Å². The van der Waals surface area contributed by atoms with Crippen molar-refractivity contribution in [3.63, 3.8) is 0 Å². The van der Waals surface area contributed by atoms with Crippen LogP contribution in [0.1, 0.15) is 25.7 Å². The molecule has 0 bridgehead atoms. The highest BCUT2D eigenvalue weighted by atomic mass is 32.2. The highest BCUT2D eigenvalue weighted by Crippen LogP contribution is 2.33. The number of nitrogens with zero attached hydrogens (tertiary/aromatic N) is 2. The molecule has 1 heterocycles. The van der Waals surface area contributed by atoms with Gasteiger partial charge < -0.3 is 5.73 Å². The van der Waals surface area contributed by atoms with E-state index in [1.807, 2.05) is 0 Å². The van der Waals surface area contributed by atoms with Crippen LogP contribution in [0.5, 0.6) is 0 Å². The molecule has 1 aliphatic carbocycles. The Bertz CT molecular complexity index is 452. The lowest BCUT2D eigenvalue weighted by molar-refractivity contribution is 0.571. The molecule has 1 aromatic rings. The lowest BCUT2D eigenvalue weighted by Crippen LogP contribution is -2.24. The third kappa shape index (κ3) is 3.13. The van der Waals surface area contributed by atoms with Gasteiger partial charge in [-0.3, -0.25) is 0 Å². The average molecular weight is 262 g/mol. The summed E-state index contributed by atoms with van der Waals surface area (Å²) < 4.78 is 25.7. The summed E-state index contributed by atoms with van der Waals surface area (Å²) in [5.74, 6) is 0.821. The molecule has 1 saturated carbocycles. The van der Waals surface area contributed by atoms with E-state index in [9.17, 15) is 8.42 Å². The zero-order valence-corrected chi connectivity index (χ0v) is 10.4. The Morgan fingerprint density at radius 2 is 2.19 bits per heavy atom. The Morgan fingerprint density at radius 1 is 1.44 bits per heavy atom. The van der Waals surface area contributed by atoms with Crippen LogP contribution in [0, 0.1) is 5.92 Å². The molecule has 0 spiro atoms. The molecule has 0 atom stereocenters. The van der Waals surface area contributed by atoms with E-state index in [1.54, 1.807) is 0 Å². The van der Waals surface area contributed by atoms with E-state index < -0.39 is 10.0 Å². The van der Waals surface area contributed by atoms with Crippen molar-refractivity contribution in [3.05, 3.63) is 0 Å². The van der Waals surface area contributed by atoms with Gasteiger partial charge in [-0.25, -0.2) is 13.1 Å². The first kappa shape index (κ1) is 11.7. The third-order valence-corrected chi connectivity index (χ3v) is 5.01. The second-order valence-corrected chi connectivity index (χ2v) is 6.84.